The Labute approximate surface area is 153 Å². The molecule has 1 aliphatic heterocycles. The van der Waals surface area contributed by atoms with Crippen molar-refractivity contribution < 1.29 is 9.53 Å². The first kappa shape index (κ1) is 18.2. The second kappa shape index (κ2) is 8.21. The molecule has 7 nitrogen and oxygen atoms in total. The number of aromatic nitrogens is 3. The molecule has 2 heterocycles. The Morgan fingerprint density at radius 1 is 1.27 bits per heavy atom. The first-order valence-corrected chi connectivity index (χ1v) is 9.29. The first-order chi connectivity index (χ1) is 12.6. The summed E-state index contributed by atoms with van der Waals surface area (Å²) in [6, 6.07) is 9.45. The van der Waals surface area contributed by atoms with E-state index in [1.165, 1.54) is 0 Å². The van der Waals surface area contributed by atoms with E-state index >= 15 is 0 Å². The summed E-state index contributed by atoms with van der Waals surface area (Å²) >= 11 is 0. The zero-order valence-electron chi connectivity index (χ0n) is 15.4. The van der Waals surface area contributed by atoms with Crippen molar-refractivity contribution in [2.45, 2.75) is 51.7 Å². The van der Waals surface area contributed by atoms with Crippen LogP contribution in [-0.2, 0) is 11.3 Å². The van der Waals surface area contributed by atoms with Crippen LogP contribution in [0.4, 0.5) is 0 Å². The molecule has 140 valence electrons. The number of benzene rings is 1. The topological polar surface area (TPSA) is 80.2 Å². The smallest absolute Gasteiger partial charge is 0.343 e. The third kappa shape index (κ3) is 3.81. The SMILES string of the molecule is CC[C@@H](Oc1ccccc1)C(=O)N1CCC(c2n[nH]c(=O)n2CC)CC1. The van der Waals surface area contributed by atoms with Crippen LogP contribution in [0.5, 0.6) is 5.75 Å². The molecule has 0 spiro atoms. The van der Waals surface area contributed by atoms with Crippen molar-refractivity contribution in [2.75, 3.05) is 13.1 Å². The lowest BCUT2D eigenvalue weighted by molar-refractivity contribution is -0.140. The van der Waals surface area contributed by atoms with E-state index < -0.39 is 6.10 Å². The van der Waals surface area contributed by atoms with Crippen LogP contribution in [0.25, 0.3) is 0 Å². The average molecular weight is 358 g/mol. The minimum Gasteiger partial charge on any atom is -0.481 e. The number of para-hydroxylation sites is 1. The number of nitrogens with one attached hydrogen (secondary N) is 1. The van der Waals surface area contributed by atoms with E-state index in [-0.39, 0.29) is 17.5 Å². The highest BCUT2D eigenvalue weighted by Crippen LogP contribution is 2.27. The number of hydrogen-bond acceptors (Lipinski definition) is 4. The maximum atomic E-state index is 12.8. The maximum Gasteiger partial charge on any atom is 0.343 e. The van der Waals surface area contributed by atoms with Gasteiger partial charge in [0.15, 0.2) is 6.10 Å². The number of likely N-dealkylation sites (tertiary alicyclic amines) is 1. The summed E-state index contributed by atoms with van der Waals surface area (Å²) in [5.74, 6) is 1.75. The molecule has 0 saturated carbocycles. The van der Waals surface area contributed by atoms with Crippen LogP contribution < -0.4 is 10.4 Å². The quantitative estimate of drug-likeness (QED) is 0.858. The molecule has 0 bridgehead atoms. The molecule has 2 aromatic rings. The average Bonchev–Trinajstić information content (AvgIpc) is 3.07. The molecule has 0 unspecified atom stereocenters. The lowest BCUT2D eigenvalue weighted by Gasteiger charge is -2.33. The van der Waals surface area contributed by atoms with Crippen molar-refractivity contribution in [3.8, 4) is 5.75 Å². The van der Waals surface area contributed by atoms with E-state index in [1.807, 2.05) is 49.1 Å². The number of carbonyl (C=O) groups is 1. The number of ether oxygens (including phenoxy) is 1. The van der Waals surface area contributed by atoms with Crippen LogP contribution in [0.3, 0.4) is 0 Å². The summed E-state index contributed by atoms with van der Waals surface area (Å²) in [7, 11) is 0. The van der Waals surface area contributed by atoms with Gasteiger partial charge in [0, 0.05) is 25.6 Å². The predicted octanol–water partition coefficient (Wildman–Crippen LogP) is 2.15. The molecule has 1 saturated heterocycles. The van der Waals surface area contributed by atoms with Gasteiger partial charge in [-0.05, 0) is 38.3 Å². The van der Waals surface area contributed by atoms with Gasteiger partial charge in [-0.25, -0.2) is 9.89 Å². The highest BCUT2D eigenvalue weighted by atomic mass is 16.5. The zero-order valence-corrected chi connectivity index (χ0v) is 15.4. The van der Waals surface area contributed by atoms with Gasteiger partial charge < -0.3 is 9.64 Å². The highest BCUT2D eigenvalue weighted by Gasteiger charge is 2.31. The molecule has 1 atom stereocenters. The van der Waals surface area contributed by atoms with Gasteiger partial charge in [0.2, 0.25) is 0 Å². The van der Waals surface area contributed by atoms with Crippen LogP contribution >= 0.6 is 0 Å². The number of amides is 1. The van der Waals surface area contributed by atoms with Crippen molar-refractivity contribution in [3.63, 3.8) is 0 Å². The maximum absolute atomic E-state index is 12.8. The van der Waals surface area contributed by atoms with E-state index in [1.54, 1.807) is 4.57 Å². The molecule has 1 amide bonds. The Morgan fingerprint density at radius 3 is 2.58 bits per heavy atom. The van der Waals surface area contributed by atoms with Crippen LogP contribution in [-0.4, -0.2) is 44.8 Å². The van der Waals surface area contributed by atoms with Crippen molar-refractivity contribution in [1.29, 1.82) is 0 Å². The Morgan fingerprint density at radius 2 is 1.96 bits per heavy atom. The molecule has 26 heavy (non-hydrogen) atoms. The molecule has 1 fully saturated rings. The van der Waals surface area contributed by atoms with E-state index in [2.05, 4.69) is 10.2 Å². The minimum absolute atomic E-state index is 0.0321. The van der Waals surface area contributed by atoms with E-state index in [0.29, 0.717) is 31.8 Å². The lowest BCUT2D eigenvalue weighted by atomic mass is 9.95. The van der Waals surface area contributed by atoms with Gasteiger partial charge in [-0.15, -0.1) is 0 Å². The predicted molar refractivity (Wildman–Crippen MR) is 98.2 cm³/mol. The summed E-state index contributed by atoms with van der Waals surface area (Å²) < 4.78 is 7.55. The van der Waals surface area contributed by atoms with E-state index in [9.17, 15) is 9.59 Å². The number of piperidine rings is 1. The summed E-state index contributed by atoms with van der Waals surface area (Å²) in [4.78, 5) is 26.4. The molecule has 0 aliphatic carbocycles. The largest absolute Gasteiger partial charge is 0.481 e. The van der Waals surface area contributed by atoms with Crippen LogP contribution in [0, 0.1) is 0 Å². The van der Waals surface area contributed by atoms with Crippen LogP contribution in [0.15, 0.2) is 35.1 Å². The van der Waals surface area contributed by atoms with E-state index in [4.69, 9.17) is 4.74 Å². The summed E-state index contributed by atoms with van der Waals surface area (Å²) in [5.41, 5.74) is -0.164. The number of hydrogen-bond donors (Lipinski definition) is 1. The molecule has 1 aromatic carbocycles. The summed E-state index contributed by atoms with van der Waals surface area (Å²) in [6.45, 7) is 5.81. The van der Waals surface area contributed by atoms with Gasteiger partial charge in [0.05, 0.1) is 0 Å². The number of carbonyl (C=O) groups excluding carboxylic acids is 1. The molecule has 7 heteroatoms. The second-order valence-corrected chi connectivity index (χ2v) is 6.56. The van der Waals surface area contributed by atoms with Gasteiger partial charge in [0.1, 0.15) is 11.6 Å². The Kier molecular flexibility index (Phi) is 5.75. The molecular weight excluding hydrogens is 332 g/mol. The summed E-state index contributed by atoms with van der Waals surface area (Å²) in [6.07, 6.45) is 1.77. The lowest BCUT2D eigenvalue weighted by Crippen LogP contribution is -2.45. The fourth-order valence-electron chi connectivity index (χ4n) is 3.48. The number of H-pyrrole nitrogens is 1. The Bertz CT molecular complexity index is 776. The van der Waals surface area contributed by atoms with Crippen molar-refractivity contribution in [1.82, 2.24) is 19.7 Å². The molecule has 1 N–H and O–H groups in total. The van der Waals surface area contributed by atoms with Gasteiger partial charge >= 0.3 is 5.69 Å². The van der Waals surface area contributed by atoms with Crippen molar-refractivity contribution >= 4 is 5.91 Å². The number of nitrogens with zero attached hydrogens (tertiary/aromatic N) is 3. The van der Waals surface area contributed by atoms with Crippen molar-refractivity contribution in [2.24, 2.45) is 0 Å². The molecular formula is C19H26N4O3. The van der Waals surface area contributed by atoms with Crippen LogP contribution in [0.1, 0.15) is 44.9 Å². The fourth-order valence-corrected chi connectivity index (χ4v) is 3.48. The highest BCUT2D eigenvalue weighted by molar-refractivity contribution is 5.81. The van der Waals surface area contributed by atoms with E-state index in [0.717, 1.165) is 18.7 Å². The molecule has 3 rings (SSSR count). The zero-order chi connectivity index (χ0) is 18.5. The van der Waals surface area contributed by atoms with Gasteiger partial charge in [-0.3, -0.25) is 9.36 Å². The van der Waals surface area contributed by atoms with Crippen molar-refractivity contribution in [3.05, 3.63) is 46.6 Å². The molecule has 1 aliphatic rings. The Balaban J connectivity index is 1.61. The number of rotatable bonds is 6. The fraction of sp³-hybridized carbons (Fsp3) is 0.526. The standard InChI is InChI=1S/C19H26N4O3/c1-3-16(26-15-8-6-5-7-9-15)18(24)22-12-10-14(11-13-22)17-20-21-19(25)23(17)4-2/h5-9,14,16H,3-4,10-13H2,1-2H3,(H,21,25)/t16-/m1/s1. The third-order valence-corrected chi connectivity index (χ3v) is 4.94. The monoisotopic (exact) mass is 358 g/mol. The van der Waals surface area contributed by atoms with Gasteiger partial charge in [-0.2, -0.15) is 5.10 Å². The van der Waals surface area contributed by atoms with Crippen LogP contribution in [0.2, 0.25) is 0 Å². The number of aromatic amines is 1. The van der Waals surface area contributed by atoms with Gasteiger partial charge in [-0.1, -0.05) is 25.1 Å². The summed E-state index contributed by atoms with van der Waals surface area (Å²) in [5, 5.41) is 6.72. The minimum atomic E-state index is -0.465. The van der Waals surface area contributed by atoms with Gasteiger partial charge in [0.25, 0.3) is 5.91 Å². The first-order valence-electron chi connectivity index (χ1n) is 9.29. The third-order valence-electron chi connectivity index (χ3n) is 4.94. The molecule has 0 radical (unpaired) electrons. The Hall–Kier alpha value is -2.57. The second-order valence-electron chi connectivity index (χ2n) is 6.56. The normalized spacial score (nSPS) is 16.5. The molecule has 1 aromatic heterocycles.